The summed E-state index contributed by atoms with van der Waals surface area (Å²) in [5.41, 5.74) is 1.50. The Hall–Kier alpha value is -0.670. The number of fused-ring (bicyclic) bond motifs is 1. The number of hydrogen-bond acceptors (Lipinski definition) is 3. The average molecular weight is 237 g/mol. The summed E-state index contributed by atoms with van der Waals surface area (Å²) in [6.07, 6.45) is 2.90. The number of carbonyl (C=O) groups is 1. The molecule has 3 heteroatoms. The highest BCUT2D eigenvalue weighted by Crippen LogP contribution is 2.32. The fourth-order valence-corrected chi connectivity index (χ4v) is 3.36. The Labute approximate surface area is 101 Å². The topological polar surface area (TPSA) is 20.3 Å². The first kappa shape index (κ1) is 11.8. The fraction of sp³-hybridized carbons (Fsp3) is 0.615. The lowest BCUT2D eigenvalue weighted by Crippen LogP contribution is -2.34. The van der Waals surface area contributed by atoms with E-state index in [1.54, 1.807) is 11.8 Å². The molecule has 1 aromatic rings. The number of ketones is 1. The first-order valence-corrected chi connectivity index (χ1v) is 6.86. The van der Waals surface area contributed by atoms with Gasteiger partial charge in [0.25, 0.3) is 0 Å². The van der Waals surface area contributed by atoms with Gasteiger partial charge < -0.3 is 4.79 Å². The Morgan fingerprint density at radius 3 is 3.19 bits per heavy atom. The van der Waals surface area contributed by atoms with Gasteiger partial charge in [-0.3, -0.25) is 4.90 Å². The molecule has 2 heterocycles. The van der Waals surface area contributed by atoms with E-state index in [1.165, 1.54) is 12.0 Å². The van der Waals surface area contributed by atoms with Crippen molar-refractivity contribution in [3.05, 3.63) is 21.9 Å². The zero-order valence-electron chi connectivity index (χ0n) is 10.0. The molecule has 0 spiro atoms. The third kappa shape index (κ3) is 2.53. The second-order valence-corrected chi connectivity index (χ2v) is 5.57. The molecule has 0 bridgehead atoms. The SMILES string of the molecule is CC(=O)CCCN1CCc2sccc2C1C. The lowest BCUT2D eigenvalue weighted by molar-refractivity contribution is -0.117. The van der Waals surface area contributed by atoms with Crippen molar-refractivity contribution in [3.8, 4) is 0 Å². The van der Waals surface area contributed by atoms with Gasteiger partial charge in [0.2, 0.25) is 0 Å². The quantitative estimate of drug-likeness (QED) is 0.802. The molecule has 0 N–H and O–H groups in total. The molecule has 88 valence electrons. The van der Waals surface area contributed by atoms with Crippen molar-refractivity contribution in [1.82, 2.24) is 4.90 Å². The minimum Gasteiger partial charge on any atom is -0.300 e. The highest BCUT2D eigenvalue weighted by molar-refractivity contribution is 7.10. The van der Waals surface area contributed by atoms with Crippen molar-refractivity contribution in [2.45, 2.75) is 39.2 Å². The highest BCUT2D eigenvalue weighted by Gasteiger charge is 2.23. The molecule has 2 rings (SSSR count). The van der Waals surface area contributed by atoms with E-state index >= 15 is 0 Å². The van der Waals surface area contributed by atoms with E-state index in [2.05, 4.69) is 23.3 Å². The van der Waals surface area contributed by atoms with Crippen LogP contribution >= 0.6 is 11.3 Å². The van der Waals surface area contributed by atoms with Gasteiger partial charge in [0.05, 0.1) is 0 Å². The first-order valence-electron chi connectivity index (χ1n) is 5.98. The minimum atomic E-state index is 0.306. The summed E-state index contributed by atoms with van der Waals surface area (Å²) in [6.45, 7) is 6.15. The largest absolute Gasteiger partial charge is 0.300 e. The number of carbonyl (C=O) groups excluding carboxylic acids is 1. The van der Waals surface area contributed by atoms with Gasteiger partial charge in [0, 0.05) is 23.9 Å². The summed E-state index contributed by atoms with van der Waals surface area (Å²) in [6, 6.07) is 2.78. The van der Waals surface area contributed by atoms with Gasteiger partial charge in [-0.1, -0.05) is 0 Å². The van der Waals surface area contributed by atoms with E-state index in [4.69, 9.17) is 0 Å². The number of hydrogen-bond donors (Lipinski definition) is 0. The Morgan fingerprint density at radius 1 is 1.62 bits per heavy atom. The lowest BCUT2D eigenvalue weighted by Gasteiger charge is -2.33. The smallest absolute Gasteiger partial charge is 0.129 e. The predicted octanol–water partition coefficient (Wildman–Crippen LogP) is 3.04. The number of nitrogens with zero attached hydrogens (tertiary/aromatic N) is 1. The molecule has 0 fully saturated rings. The van der Waals surface area contributed by atoms with Crippen LogP contribution in [0, 0.1) is 0 Å². The maximum Gasteiger partial charge on any atom is 0.129 e. The maximum atomic E-state index is 10.9. The zero-order chi connectivity index (χ0) is 11.5. The van der Waals surface area contributed by atoms with Gasteiger partial charge in [0.1, 0.15) is 5.78 Å². The standard InChI is InChI=1S/C13H19NOS/c1-10(15)4-3-7-14-8-5-13-12(11(14)2)6-9-16-13/h6,9,11H,3-5,7-8H2,1-2H3. The van der Waals surface area contributed by atoms with E-state index < -0.39 is 0 Å². The van der Waals surface area contributed by atoms with E-state index in [9.17, 15) is 4.79 Å². The van der Waals surface area contributed by atoms with E-state index in [1.807, 2.05) is 11.3 Å². The second-order valence-electron chi connectivity index (χ2n) is 4.57. The van der Waals surface area contributed by atoms with Gasteiger partial charge in [0.15, 0.2) is 0 Å². The molecule has 0 saturated carbocycles. The summed E-state index contributed by atoms with van der Waals surface area (Å²) >= 11 is 1.88. The van der Waals surface area contributed by atoms with Gasteiger partial charge in [-0.05, 0) is 50.2 Å². The van der Waals surface area contributed by atoms with Crippen LogP contribution in [0.1, 0.15) is 43.2 Å². The molecular formula is C13H19NOS. The van der Waals surface area contributed by atoms with Crippen molar-refractivity contribution in [2.24, 2.45) is 0 Å². The fourth-order valence-electron chi connectivity index (χ4n) is 2.40. The van der Waals surface area contributed by atoms with Crippen molar-refractivity contribution in [1.29, 1.82) is 0 Å². The summed E-state index contributed by atoms with van der Waals surface area (Å²) in [5.74, 6) is 0.306. The monoisotopic (exact) mass is 237 g/mol. The molecule has 1 aliphatic heterocycles. The molecule has 16 heavy (non-hydrogen) atoms. The molecule has 1 aliphatic rings. The lowest BCUT2D eigenvalue weighted by atomic mass is 10.0. The van der Waals surface area contributed by atoms with E-state index in [0.717, 1.165) is 25.9 Å². The third-order valence-corrected chi connectivity index (χ3v) is 4.37. The molecular weight excluding hydrogens is 218 g/mol. The number of thiophene rings is 1. The number of Topliss-reactive ketones (excluding diaryl/α,β-unsaturated/α-hetero) is 1. The third-order valence-electron chi connectivity index (χ3n) is 3.38. The van der Waals surface area contributed by atoms with Crippen LogP contribution in [0.15, 0.2) is 11.4 Å². The molecule has 0 aliphatic carbocycles. The Morgan fingerprint density at radius 2 is 2.44 bits per heavy atom. The van der Waals surface area contributed by atoms with E-state index in [-0.39, 0.29) is 0 Å². The highest BCUT2D eigenvalue weighted by atomic mass is 32.1. The van der Waals surface area contributed by atoms with Crippen LogP contribution in [0.3, 0.4) is 0 Å². The van der Waals surface area contributed by atoms with Gasteiger partial charge in [-0.2, -0.15) is 0 Å². The summed E-state index contributed by atoms with van der Waals surface area (Å²) in [4.78, 5) is 15.0. The normalized spacial score (nSPS) is 20.8. The van der Waals surface area contributed by atoms with Crippen LogP contribution in [0.25, 0.3) is 0 Å². The Kier molecular flexibility index (Phi) is 3.77. The predicted molar refractivity (Wildman–Crippen MR) is 67.9 cm³/mol. The van der Waals surface area contributed by atoms with Crippen molar-refractivity contribution < 1.29 is 4.79 Å². The van der Waals surface area contributed by atoms with Crippen LogP contribution in [-0.4, -0.2) is 23.8 Å². The average Bonchev–Trinajstić information content (AvgIpc) is 2.69. The molecule has 0 aromatic carbocycles. The van der Waals surface area contributed by atoms with Crippen molar-refractivity contribution in [2.75, 3.05) is 13.1 Å². The van der Waals surface area contributed by atoms with Crippen LogP contribution in [0.4, 0.5) is 0 Å². The second kappa shape index (κ2) is 5.11. The number of rotatable bonds is 4. The molecule has 0 radical (unpaired) electrons. The van der Waals surface area contributed by atoms with Crippen LogP contribution < -0.4 is 0 Å². The van der Waals surface area contributed by atoms with Crippen molar-refractivity contribution >= 4 is 17.1 Å². The Balaban J connectivity index is 1.91. The van der Waals surface area contributed by atoms with Gasteiger partial charge in [-0.15, -0.1) is 11.3 Å². The van der Waals surface area contributed by atoms with Gasteiger partial charge in [-0.25, -0.2) is 0 Å². The molecule has 1 atom stereocenters. The molecule has 2 nitrogen and oxygen atoms in total. The summed E-state index contributed by atoms with van der Waals surface area (Å²) in [5, 5.41) is 2.19. The molecule has 0 amide bonds. The first-order chi connectivity index (χ1) is 7.68. The Bertz CT molecular complexity index is 372. The minimum absolute atomic E-state index is 0.306. The zero-order valence-corrected chi connectivity index (χ0v) is 10.8. The van der Waals surface area contributed by atoms with E-state index in [0.29, 0.717) is 11.8 Å². The van der Waals surface area contributed by atoms with Crippen LogP contribution in [0.2, 0.25) is 0 Å². The van der Waals surface area contributed by atoms with Crippen molar-refractivity contribution in [3.63, 3.8) is 0 Å². The maximum absolute atomic E-state index is 10.9. The van der Waals surface area contributed by atoms with Gasteiger partial charge >= 0.3 is 0 Å². The molecule has 0 saturated heterocycles. The summed E-state index contributed by atoms with van der Waals surface area (Å²) in [7, 11) is 0. The molecule has 1 aromatic heterocycles. The molecule has 1 unspecified atom stereocenters. The summed E-state index contributed by atoms with van der Waals surface area (Å²) < 4.78 is 0. The van der Waals surface area contributed by atoms with Crippen LogP contribution in [-0.2, 0) is 11.2 Å². The van der Waals surface area contributed by atoms with Crippen LogP contribution in [0.5, 0.6) is 0 Å².